The number of methoxy groups -OCH3 is 1. The third kappa shape index (κ3) is 3.73. The fraction of sp³-hybridized carbons (Fsp3) is 0.360. The van der Waals surface area contributed by atoms with Crippen molar-refractivity contribution in [2.24, 2.45) is 0 Å². The highest BCUT2D eigenvalue weighted by molar-refractivity contribution is 6.32. The van der Waals surface area contributed by atoms with Crippen LogP contribution >= 0.6 is 11.6 Å². The zero-order valence-electron chi connectivity index (χ0n) is 17.9. The SMILES string of the molecule is COc1ccc(C2c3[nH]c4ccc(Cl)cc4c3CCN2C(=O)C(=O)OC2CCCC2)cc1. The molecule has 1 aromatic heterocycles. The number of H-pyrrole nitrogens is 1. The second kappa shape index (κ2) is 8.51. The van der Waals surface area contributed by atoms with E-state index in [0.717, 1.165) is 59.2 Å². The first-order valence-corrected chi connectivity index (χ1v) is 11.4. The Kier molecular flexibility index (Phi) is 5.55. The molecule has 2 aromatic carbocycles. The average Bonchev–Trinajstić information content (AvgIpc) is 3.45. The van der Waals surface area contributed by atoms with E-state index in [-0.39, 0.29) is 6.10 Å². The molecule has 2 aliphatic rings. The van der Waals surface area contributed by atoms with E-state index >= 15 is 0 Å². The van der Waals surface area contributed by atoms with Gasteiger partial charge in [-0.05, 0) is 73.6 Å². The van der Waals surface area contributed by atoms with Gasteiger partial charge in [-0.2, -0.15) is 0 Å². The van der Waals surface area contributed by atoms with E-state index in [1.165, 1.54) is 0 Å². The number of aromatic amines is 1. The highest BCUT2D eigenvalue weighted by atomic mass is 35.5. The first-order valence-electron chi connectivity index (χ1n) is 11.0. The van der Waals surface area contributed by atoms with Gasteiger partial charge in [0.05, 0.1) is 13.2 Å². The van der Waals surface area contributed by atoms with Crippen molar-refractivity contribution in [3.63, 3.8) is 0 Å². The Bertz CT molecular complexity index is 1160. The Balaban J connectivity index is 1.54. The zero-order chi connectivity index (χ0) is 22.2. The van der Waals surface area contributed by atoms with Crippen molar-refractivity contribution in [3.05, 3.63) is 64.3 Å². The van der Waals surface area contributed by atoms with Gasteiger partial charge >= 0.3 is 11.9 Å². The maximum absolute atomic E-state index is 13.3. The number of aromatic nitrogens is 1. The van der Waals surface area contributed by atoms with E-state index in [0.29, 0.717) is 18.0 Å². The number of nitrogens with zero attached hydrogens (tertiary/aromatic N) is 1. The molecule has 0 saturated heterocycles. The Morgan fingerprint density at radius 2 is 1.84 bits per heavy atom. The van der Waals surface area contributed by atoms with E-state index in [2.05, 4.69) is 4.98 Å². The monoisotopic (exact) mass is 452 g/mol. The van der Waals surface area contributed by atoms with Crippen LogP contribution in [-0.2, 0) is 20.7 Å². The predicted octanol–water partition coefficient (Wildman–Crippen LogP) is 4.79. The molecule has 1 saturated carbocycles. The molecule has 6 nitrogen and oxygen atoms in total. The van der Waals surface area contributed by atoms with Crippen LogP contribution < -0.4 is 4.74 Å². The Morgan fingerprint density at radius 1 is 1.09 bits per heavy atom. The largest absolute Gasteiger partial charge is 0.497 e. The Hall–Kier alpha value is -2.99. The molecule has 1 N–H and O–H groups in total. The average molecular weight is 453 g/mol. The molecular formula is C25H25ClN2O4. The number of rotatable bonds is 3. The number of carbonyl (C=O) groups excluding carboxylic acids is 2. The summed E-state index contributed by atoms with van der Waals surface area (Å²) in [6.45, 7) is 0.418. The van der Waals surface area contributed by atoms with E-state index in [4.69, 9.17) is 21.1 Å². The summed E-state index contributed by atoms with van der Waals surface area (Å²) in [6, 6.07) is 12.9. The topological polar surface area (TPSA) is 71.6 Å². The molecule has 0 spiro atoms. The molecule has 5 rings (SSSR count). The quantitative estimate of drug-likeness (QED) is 0.458. The van der Waals surface area contributed by atoms with Crippen molar-refractivity contribution in [3.8, 4) is 5.75 Å². The molecule has 2 heterocycles. The van der Waals surface area contributed by atoms with Gasteiger partial charge in [0.25, 0.3) is 0 Å². The van der Waals surface area contributed by atoms with Gasteiger partial charge in [-0.25, -0.2) is 4.79 Å². The van der Waals surface area contributed by atoms with Gasteiger partial charge in [-0.3, -0.25) is 4.79 Å². The fourth-order valence-electron chi connectivity index (χ4n) is 4.94. The summed E-state index contributed by atoms with van der Waals surface area (Å²) in [5, 5.41) is 1.71. The maximum Gasteiger partial charge on any atom is 0.397 e. The molecular weight excluding hydrogens is 428 g/mol. The number of amides is 1. The minimum Gasteiger partial charge on any atom is -0.497 e. The van der Waals surface area contributed by atoms with Crippen LogP contribution in [0.3, 0.4) is 0 Å². The van der Waals surface area contributed by atoms with Gasteiger partial charge in [-0.1, -0.05) is 23.7 Å². The molecule has 0 radical (unpaired) electrons. The van der Waals surface area contributed by atoms with Gasteiger partial charge in [0.2, 0.25) is 0 Å². The summed E-state index contributed by atoms with van der Waals surface area (Å²) < 4.78 is 10.8. The Labute approximate surface area is 191 Å². The lowest BCUT2D eigenvalue weighted by Crippen LogP contribution is -2.45. The van der Waals surface area contributed by atoms with Crippen molar-refractivity contribution in [2.75, 3.05) is 13.7 Å². The highest BCUT2D eigenvalue weighted by Gasteiger charge is 2.38. The molecule has 7 heteroatoms. The third-order valence-electron chi connectivity index (χ3n) is 6.53. The molecule has 1 amide bonds. The normalized spacial score (nSPS) is 18.6. The van der Waals surface area contributed by atoms with Crippen LogP contribution in [0.15, 0.2) is 42.5 Å². The van der Waals surface area contributed by atoms with Crippen LogP contribution in [0.2, 0.25) is 5.02 Å². The van der Waals surface area contributed by atoms with Crippen LogP contribution in [0.5, 0.6) is 5.75 Å². The van der Waals surface area contributed by atoms with Gasteiger partial charge in [0.15, 0.2) is 0 Å². The van der Waals surface area contributed by atoms with Crippen molar-refractivity contribution < 1.29 is 19.1 Å². The molecule has 1 aliphatic carbocycles. The number of hydrogen-bond acceptors (Lipinski definition) is 4. The van der Waals surface area contributed by atoms with Crippen molar-refractivity contribution in [2.45, 2.75) is 44.2 Å². The van der Waals surface area contributed by atoms with Gasteiger partial charge in [0.1, 0.15) is 11.9 Å². The van der Waals surface area contributed by atoms with Crippen molar-refractivity contribution in [1.82, 2.24) is 9.88 Å². The third-order valence-corrected chi connectivity index (χ3v) is 6.77. The van der Waals surface area contributed by atoms with Crippen LogP contribution in [0, 0.1) is 0 Å². The summed E-state index contributed by atoms with van der Waals surface area (Å²) >= 11 is 6.25. The number of hydrogen-bond donors (Lipinski definition) is 1. The molecule has 166 valence electrons. The molecule has 0 bridgehead atoms. The van der Waals surface area contributed by atoms with E-state index in [1.807, 2.05) is 42.5 Å². The Morgan fingerprint density at radius 3 is 2.56 bits per heavy atom. The maximum atomic E-state index is 13.3. The van der Waals surface area contributed by atoms with Crippen LogP contribution in [0.25, 0.3) is 10.9 Å². The minimum absolute atomic E-state index is 0.151. The van der Waals surface area contributed by atoms with Crippen LogP contribution in [-0.4, -0.2) is 41.5 Å². The molecule has 3 aromatic rings. The van der Waals surface area contributed by atoms with E-state index < -0.39 is 17.9 Å². The van der Waals surface area contributed by atoms with Gasteiger partial charge in [0, 0.05) is 28.2 Å². The smallest absolute Gasteiger partial charge is 0.397 e. The summed E-state index contributed by atoms with van der Waals surface area (Å²) in [5.74, 6) is -0.634. The second-order valence-electron chi connectivity index (χ2n) is 8.44. The number of benzene rings is 2. The van der Waals surface area contributed by atoms with Crippen LogP contribution in [0.4, 0.5) is 0 Å². The highest BCUT2D eigenvalue weighted by Crippen LogP contribution is 2.39. The van der Waals surface area contributed by atoms with Crippen molar-refractivity contribution >= 4 is 34.4 Å². The number of carbonyl (C=O) groups is 2. The first kappa shape index (κ1) is 20.9. The van der Waals surface area contributed by atoms with Crippen LogP contribution in [0.1, 0.15) is 48.5 Å². The standard InChI is InChI=1S/C25H25ClN2O4/c1-31-17-9-6-15(7-10-17)23-22-19(20-14-16(26)8-11-21(20)27-22)12-13-28(23)24(29)25(30)32-18-4-2-3-5-18/h6-11,14,18,23,27H,2-5,12-13H2,1H3. The molecule has 32 heavy (non-hydrogen) atoms. The van der Waals surface area contributed by atoms with Gasteiger partial charge in [-0.15, -0.1) is 0 Å². The summed E-state index contributed by atoms with van der Waals surface area (Å²) in [4.78, 5) is 31.1. The lowest BCUT2D eigenvalue weighted by atomic mass is 9.92. The zero-order valence-corrected chi connectivity index (χ0v) is 18.7. The number of nitrogens with one attached hydrogen (secondary N) is 1. The molecule has 1 unspecified atom stereocenters. The van der Waals surface area contributed by atoms with E-state index in [9.17, 15) is 9.59 Å². The molecule has 1 fully saturated rings. The summed E-state index contributed by atoms with van der Waals surface area (Å²) in [7, 11) is 1.62. The fourth-order valence-corrected chi connectivity index (χ4v) is 5.11. The molecule has 1 aliphatic heterocycles. The number of halogens is 1. The number of ether oxygens (including phenoxy) is 2. The summed E-state index contributed by atoms with van der Waals surface area (Å²) in [5.41, 5.74) is 3.88. The minimum atomic E-state index is -0.766. The second-order valence-corrected chi connectivity index (χ2v) is 8.88. The van der Waals surface area contributed by atoms with Crippen molar-refractivity contribution in [1.29, 1.82) is 0 Å². The lowest BCUT2D eigenvalue weighted by Gasteiger charge is -2.35. The van der Waals surface area contributed by atoms with Gasteiger partial charge < -0.3 is 19.4 Å². The number of esters is 1. The summed E-state index contributed by atoms with van der Waals surface area (Å²) in [6.07, 6.45) is 4.20. The first-order chi connectivity index (χ1) is 15.5. The van der Waals surface area contributed by atoms with E-state index in [1.54, 1.807) is 12.0 Å². The predicted molar refractivity (Wildman–Crippen MR) is 122 cm³/mol. The number of fused-ring (bicyclic) bond motifs is 3. The molecule has 1 atom stereocenters. The lowest BCUT2D eigenvalue weighted by molar-refractivity contribution is -0.164.